The number of esters is 1. The Hall–Kier alpha value is -2.37. The molecule has 0 aliphatic rings. The van der Waals surface area contributed by atoms with Gasteiger partial charge in [0.15, 0.2) is 0 Å². The Labute approximate surface area is 136 Å². The molecule has 1 aromatic carbocycles. The molecule has 1 unspecified atom stereocenters. The third-order valence-electron chi connectivity index (χ3n) is 3.63. The fourth-order valence-corrected chi connectivity index (χ4v) is 2.37. The maximum Gasteiger partial charge on any atom is 0.407 e. The molecule has 1 aromatic rings. The van der Waals surface area contributed by atoms with Crippen molar-refractivity contribution in [2.75, 3.05) is 14.2 Å². The lowest BCUT2D eigenvalue weighted by atomic mass is 9.89. The van der Waals surface area contributed by atoms with Gasteiger partial charge in [0.1, 0.15) is 11.7 Å². The number of ether oxygens (including phenoxy) is 2. The molecule has 0 fully saturated rings. The van der Waals surface area contributed by atoms with Gasteiger partial charge in [0, 0.05) is 6.42 Å². The Morgan fingerprint density at radius 1 is 1.09 bits per heavy atom. The van der Waals surface area contributed by atoms with Crippen LogP contribution < -0.4 is 5.32 Å². The summed E-state index contributed by atoms with van der Waals surface area (Å²) in [6.07, 6.45) is 0.538. The van der Waals surface area contributed by atoms with Gasteiger partial charge in [-0.25, -0.2) is 4.79 Å². The molecule has 0 heterocycles. The van der Waals surface area contributed by atoms with E-state index in [1.165, 1.54) is 14.2 Å². The normalized spacial score (nSPS) is 12.8. The number of carbonyl (C=O) groups excluding carboxylic acids is 3. The highest BCUT2D eigenvalue weighted by molar-refractivity contribution is 6.00. The molecule has 0 aromatic heterocycles. The Bertz CT molecular complexity index is 513. The minimum absolute atomic E-state index is 0.185. The van der Waals surface area contributed by atoms with E-state index < -0.39 is 24.0 Å². The molecule has 0 saturated heterocycles. The van der Waals surface area contributed by atoms with Gasteiger partial charge >= 0.3 is 12.1 Å². The second-order valence-corrected chi connectivity index (χ2v) is 5.09. The molecule has 1 rings (SSSR count). The third kappa shape index (κ3) is 5.73. The van der Waals surface area contributed by atoms with Crippen LogP contribution in [0, 0.1) is 5.92 Å². The fraction of sp³-hybridized carbons (Fsp3) is 0.471. The molecule has 0 bridgehead atoms. The van der Waals surface area contributed by atoms with Gasteiger partial charge in [-0.2, -0.15) is 0 Å². The van der Waals surface area contributed by atoms with E-state index in [4.69, 9.17) is 4.74 Å². The summed E-state index contributed by atoms with van der Waals surface area (Å²) in [5, 5.41) is 2.58. The summed E-state index contributed by atoms with van der Waals surface area (Å²) >= 11 is 0. The van der Waals surface area contributed by atoms with E-state index in [-0.39, 0.29) is 12.2 Å². The highest BCUT2D eigenvalue weighted by Gasteiger charge is 2.35. The number of rotatable bonds is 8. The number of nitrogens with one attached hydrogen (secondary N) is 1. The van der Waals surface area contributed by atoms with E-state index in [2.05, 4.69) is 10.1 Å². The minimum atomic E-state index is -1.03. The lowest BCUT2D eigenvalue weighted by Crippen LogP contribution is -2.47. The topological polar surface area (TPSA) is 81.7 Å². The number of Topliss-reactive ketones (excluding diaryl/α,β-unsaturated/α-hetero) is 1. The van der Waals surface area contributed by atoms with Crippen molar-refractivity contribution in [3.05, 3.63) is 35.9 Å². The molecule has 2 atom stereocenters. The van der Waals surface area contributed by atoms with Crippen molar-refractivity contribution < 1.29 is 23.9 Å². The second kappa shape index (κ2) is 9.61. The van der Waals surface area contributed by atoms with Crippen molar-refractivity contribution in [3.63, 3.8) is 0 Å². The Morgan fingerprint density at radius 3 is 2.26 bits per heavy atom. The van der Waals surface area contributed by atoms with Gasteiger partial charge in [0.2, 0.25) is 0 Å². The molecular formula is C17H23NO5. The standard InChI is InChI=1S/C17H23NO5/c1-4-14(19)15(16(20)22-2)13(18-17(21)23-3)11-10-12-8-6-5-7-9-12/h5-9,13,15H,4,10-11H2,1-3H3,(H,18,21)/t13-,15?/m0/s1. The quantitative estimate of drug-likeness (QED) is 0.586. The highest BCUT2D eigenvalue weighted by Crippen LogP contribution is 2.16. The monoisotopic (exact) mass is 321 g/mol. The highest BCUT2D eigenvalue weighted by atomic mass is 16.5. The maximum atomic E-state index is 12.1. The average Bonchev–Trinajstić information content (AvgIpc) is 2.59. The van der Waals surface area contributed by atoms with Gasteiger partial charge in [-0.05, 0) is 18.4 Å². The van der Waals surface area contributed by atoms with Crippen molar-refractivity contribution in [2.45, 2.75) is 32.2 Å². The molecule has 0 aliphatic carbocycles. The maximum absolute atomic E-state index is 12.1. The lowest BCUT2D eigenvalue weighted by Gasteiger charge is -2.24. The first-order chi connectivity index (χ1) is 11.0. The van der Waals surface area contributed by atoms with Gasteiger partial charge in [-0.15, -0.1) is 0 Å². The van der Waals surface area contributed by atoms with Crippen molar-refractivity contribution in [2.24, 2.45) is 5.92 Å². The molecule has 126 valence electrons. The molecule has 0 radical (unpaired) electrons. The molecule has 1 amide bonds. The van der Waals surface area contributed by atoms with Gasteiger partial charge in [-0.3, -0.25) is 9.59 Å². The summed E-state index contributed by atoms with van der Waals surface area (Å²) in [5.41, 5.74) is 1.05. The number of hydrogen-bond donors (Lipinski definition) is 1. The Balaban J connectivity index is 2.93. The molecular weight excluding hydrogens is 298 g/mol. The van der Waals surface area contributed by atoms with Crippen LogP contribution in [-0.4, -0.2) is 38.1 Å². The van der Waals surface area contributed by atoms with Crippen molar-refractivity contribution in [3.8, 4) is 0 Å². The third-order valence-corrected chi connectivity index (χ3v) is 3.63. The predicted octanol–water partition coefficient (Wildman–Crippen LogP) is 2.11. The minimum Gasteiger partial charge on any atom is -0.468 e. The van der Waals surface area contributed by atoms with Crippen molar-refractivity contribution >= 4 is 17.8 Å². The van der Waals surface area contributed by atoms with Crippen LogP contribution in [0.4, 0.5) is 4.79 Å². The molecule has 0 spiro atoms. The Kier molecular flexibility index (Phi) is 7.80. The number of benzene rings is 1. The Morgan fingerprint density at radius 2 is 1.74 bits per heavy atom. The van der Waals surface area contributed by atoms with E-state index in [1.807, 2.05) is 30.3 Å². The summed E-state index contributed by atoms with van der Waals surface area (Å²) in [6.45, 7) is 1.67. The SMILES string of the molecule is CCC(=O)C(C(=O)OC)[C@H](CCc1ccccc1)NC(=O)OC. The summed E-state index contributed by atoms with van der Waals surface area (Å²) in [6, 6.07) is 8.95. The zero-order chi connectivity index (χ0) is 17.2. The molecule has 0 aliphatic heterocycles. The van der Waals surface area contributed by atoms with Crippen molar-refractivity contribution in [1.82, 2.24) is 5.32 Å². The van der Waals surface area contributed by atoms with Gasteiger partial charge < -0.3 is 14.8 Å². The van der Waals surface area contributed by atoms with E-state index in [9.17, 15) is 14.4 Å². The van der Waals surface area contributed by atoms with Gasteiger partial charge in [0.25, 0.3) is 0 Å². The first kappa shape index (κ1) is 18.7. The van der Waals surface area contributed by atoms with Crippen LogP contribution in [0.1, 0.15) is 25.3 Å². The summed E-state index contributed by atoms with van der Waals surface area (Å²) in [4.78, 5) is 35.7. The average molecular weight is 321 g/mol. The van der Waals surface area contributed by atoms with Crippen LogP contribution in [0.25, 0.3) is 0 Å². The van der Waals surface area contributed by atoms with E-state index >= 15 is 0 Å². The van der Waals surface area contributed by atoms with Crippen LogP contribution >= 0.6 is 0 Å². The van der Waals surface area contributed by atoms with E-state index in [0.717, 1.165) is 5.56 Å². The largest absolute Gasteiger partial charge is 0.468 e. The number of methoxy groups -OCH3 is 2. The second-order valence-electron chi connectivity index (χ2n) is 5.09. The molecule has 0 saturated carbocycles. The number of hydrogen-bond acceptors (Lipinski definition) is 5. The zero-order valence-corrected chi connectivity index (χ0v) is 13.7. The van der Waals surface area contributed by atoms with Crippen molar-refractivity contribution in [1.29, 1.82) is 0 Å². The number of alkyl carbamates (subject to hydrolysis) is 1. The molecule has 23 heavy (non-hydrogen) atoms. The van der Waals surface area contributed by atoms with Crippen LogP contribution in [0.15, 0.2) is 30.3 Å². The first-order valence-corrected chi connectivity index (χ1v) is 7.52. The number of aryl methyl sites for hydroxylation is 1. The number of carbonyl (C=O) groups is 3. The first-order valence-electron chi connectivity index (χ1n) is 7.52. The fourth-order valence-electron chi connectivity index (χ4n) is 2.37. The molecule has 1 N–H and O–H groups in total. The predicted molar refractivity (Wildman–Crippen MR) is 84.9 cm³/mol. The summed E-state index contributed by atoms with van der Waals surface area (Å²) < 4.78 is 9.33. The smallest absolute Gasteiger partial charge is 0.407 e. The number of amides is 1. The van der Waals surface area contributed by atoms with E-state index in [1.54, 1.807) is 6.92 Å². The molecule has 6 heteroatoms. The zero-order valence-electron chi connectivity index (χ0n) is 13.7. The van der Waals surface area contributed by atoms with Crippen LogP contribution in [-0.2, 0) is 25.5 Å². The summed E-state index contributed by atoms with van der Waals surface area (Å²) in [7, 11) is 2.46. The number of ketones is 1. The van der Waals surface area contributed by atoms with Gasteiger partial charge in [-0.1, -0.05) is 37.3 Å². The van der Waals surface area contributed by atoms with Crippen LogP contribution in [0.2, 0.25) is 0 Å². The molecule has 6 nitrogen and oxygen atoms in total. The van der Waals surface area contributed by atoms with Crippen LogP contribution in [0.3, 0.4) is 0 Å². The van der Waals surface area contributed by atoms with Gasteiger partial charge in [0.05, 0.1) is 20.3 Å². The summed E-state index contributed by atoms with van der Waals surface area (Å²) in [5.74, 6) is -1.95. The lowest BCUT2D eigenvalue weighted by molar-refractivity contribution is -0.150. The van der Waals surface area contributed by atoms with Crippen LogP contribution in [0.5, 0.6) is 0 Å². The van der Waals surface area contributed by atoms with E-state index in [0.29, 0.717) is 12.8 Å².